The highest BCUT2D eigenvalue weighted by Gasteiger charge is 2.28. The Hall–Kier alpha value is -3.03. The zero-order valence-electron chi connectivity index (χ0n) is 19.3. The molecule has 0 atom stereocenters. The van der Waals surface area contributed by atoms with Gasteiger partial charge in [-0.25, -0.2) is 17.7 Å². The minimum Gasteiger partial charge on any atom is -0.352 e. The molecule has 0 spiro atoms. The number of nitrogens with one attached hydrogen (secondary N) is 1. The van der Waals surface area contributed by atoms with Crippen LogP contribution in [0, 0.1) is 5.92 Å². The summed E-state index contributed by atoms with van der Waals surface area (Å²) in [7, 11) is -3.15. The van der Waals surface area contributed by atoms with Gasteiger partial charge in [0.1, 0.15) is 0 Å². The molecule has 7 heteroatoms. The Bertz CT molecular complexity index is 1360. The first kappa shape index (κ1) is 22.7. The summed E-state index contributed by atoms with van der Waals surface area (Å²) in [4.78, 5) is 18.4. The minimum absolute atomic E-state index is 0.0682. The van der Waals surface area contributed by atoms with Crippen molar-refractivity contribution < 1.29 is 13.2 Å². The summed E-state index contributed by atoms with van der Waals surface area (Å²) in [5.74, 6) is 0.206. The van der Waals surface area contributed by atoms with Crippen molar-refractivity contribution in [2.75, 3.05) is 25.9 Å². The number of hydrogen-bond acceptors (Lipinski definition) is 4. The van der Waals surface area contributed by atoms with E-state index >= 15 is 0 Å². The molecule has 1 aliphatic carbocycles. The van der Waals surface area contributed by atoms with Crippen molar-refractivity contribution in [2.45, 2.75) is 25.7 Å². The highest BCUT2D eigenvalue weighted by molar-refractivity contribution is 7.88. The van der Waals surface area contributed by atoms with Crippen molar-refractivity contribution in [1.82, 2.24) is 14.6 Å². The SMILES string of the molecule is CS(=O)(=O)N1CCC(CNC(=O)c2c3c(nc4ccccc24)/C(=C\c2ccccc2)CC3)CC1. The molecule has 0 bridgehead atoms. The number of rotatable bonds is 5. The smallest absolute Gasteiger partial charge is 0.252 e. The summed E-state index contributed by atoms with van der Waals surface area (Å²) in [6, 6.07) is 18.0. The van der Waals surface area contributed by atoms with Crippen molar-refractivity contribution >= 4 is 38.5 Å². The van der Waals surface area contributed by atoms with Gasteiger partial charge >= 0.3 is 0 Å². The number of pyridine rings is 1. The average molecular weight is 476 g/mol. The first-order chi connectivity index (χ1) is 16.4. The Balaban J connectivity index is 1.40. The number of nitrogens with zero attached hydrogens (tertiary/aromatic N) is 2. The zero-order chi connectivity index (χ0) is 23.7. The van der Waals surface area contributed by atoms with Crippen LogP contribution in [0.4, 0.5) is 0 Å². The van der Waals surface area contributed by atoms with Gasteiger partial charge in [-0.3, -0.25) is 4.79 Å². The number of piperidine rings is 1. The van der Waals surface area contributed by atoms with Crippen LogP contribution in [0.1, 0.15) is 46.4 Å². The molecule has 0 saturated carbocycles. The monoisotopic (exact) mass is 475 g/mol. The van der Waals surface area contributed by atoms with Gasteiger partial charge in [-0.05, 0) is 60.4 Å². The highest BCUT2D eigenvalue weighted by Crippen LogP contribution is 2.37. The van der Waals surface area contributed by atoms with E-state index in [-0.39, 0.29) is 11.8 Å². The molecule has 6 nitrogen and oxygen atoms in total. The molecule has 0 unspecified atom stereocenters. The summed E-state index contributed by atoms with van der Waals surface area (Å²) in [6.07, 6.45) is 6.59. The summed E-state index contributed by atoms with van der Waals surface area (Å²) in [6.45, 7) is 1.58. The molecule has 1 amide bonds. The fraction of sp³-hybridized carbons (Fsp3) is 0.333. The van der Waals surface area contributed by atoms with E-state index in [0.717, 1.165) is 64.5 Å². The molecule has 1 fully saturated rings. The fourth-order valence-corrected chi connectivity index (χ4v) is 5.93. The van der Waals surface area contributed by atoms with Gasteiger partial charge in [-0.1, -0.05) is 48.5 Å². The molecule has 2 heterocycles. The first-order valence-electron chi connectivity index (χ1n) is 11.8. The van der Waals surface area contributed by atoms with Crippen LogP contribution in [0.15, 0.2) is 54.6 Å². The standard InChI is InChI=1S/C27H29N3O3S/c1-34(32,33)30-15-13-20(14-16-30)18-28-27(31)25-22-9-5-6-10-24(22)29-26-21(11-12-23(25)26)17-19-7-3-2-4-8-19/h2-10,17,20H,11-16,18H2,1H3,(H,28,31)/b21-17-. The molecule has 2 aromatic carbocycles. The lowest BCUT2D eigenvalue weighted by molar-refractivity contribution is 0.0942. The van der Waals surface area contributed by atoms with E-state index in [1.807, 2.05) is 42.5 Å². The lowest BCUT2D eigenvalue weighted by Crippen LogP contribution is -2.41. The topological polar surface area (TPSA) is 79.4 Å². The third-order valence-electron chi connectivity index (χ3n) is 6.90. The number of fused-ring (bicyclic) bond motifs is 2. The zero-order valence-corrected chi connectivity index (χ0v) is 20.1. The third-order valence-corrected chi connectivity index (χ3v) is 8.21. The van der Waals surface area contributed by atoms with Gasteiger partial charge in [-0.2, -0.15) is 0 Å². The highest BCUT2D eigenvalue weighted by atomic mass is 32.2. The second-order valence-corrected chi connectivity index (χ2v) is 11.2. The number of aromatic nitrogens is 1. The Kier molecular flexibility index (Phi) is 6.23. The third kappa shape index (κ3) is 4.63. The van der Waals surface area contributed by atoms with Gasteiger partial charge in [0.15, 0.2) is 0 Å². The molecule has 1 aromatic heterocycles. The molecule has 1 saturated heterocycles. The van der Waals surface area contributed by atoms with Crippen LogP contribution in [-0.4, -0.2) is 49.5 Å². The van der Waals surface area contributed by atoms with E-state index in [0.29, 0.717) is 19.6 Å². The molecule has 34 heavy (non-hydrogen) atoms. The normalized spacial score (nSPS) is 18.3. The Morgan fingerprint density at radius 3 is 2.50 bits per heavy atom. The van der Waals surface area contributed by atoms with E-state index in [1.165, 1.54) is 10.6 Å². The Morgan fingerprint density at radius 1 is 1.06 bits per heavy atom. The van der Waals surface area contributed by atoms with Crippen LogP contribution < -0.4 is 5.32 Å². The number of para-hydroxylation sites is 1. The molecule has 176 valence electrons. The van der Waals surface area contributed by atoms with Crippen LogP contribution in [0.5, 0.6) is 0 Å². The van der Waals surface area contributed by atoms with Crippen LogP contribution in [0.3, 0.4) is 0 Å². The van der Waals surface area contributed by atoms with Crippen molar-refractivity contribution in [3.63, 3.8) is 0 Å². The molecule has 5 rings (SSSR count). The summed E-state index contributed by atoms with van der Waals surface area (Å²) >= 11 is 0. The van der Waals surface area contributed by atoms with Crippen LogP contribution in [-0.2, 0) is 16.4 Å². The number of carbonyl (C=O) groups excluding carboxylic acids is 1. The average Bonchev–Trinajstić information content (AvgIpc) is 3.23. The largest absolute Gasteiger partial charge is 0.352 e. The molecule has 0 radical (unpaired) electrons. The van der Waals surface area contributed by atoms with Crippen LogP contribution in [0.25, 0.3) is 22.6 Å². The quantitative estimate of drug-likeness (QED) is 0.602. The number of amides is 1. The molecular weight excluding hydrogens is 446 g/mol. The van der Waals surface area contributed by atoms with E-state index in [2.05, 4.69) is 23.5 Å². The lowest BCUT2D eigenvalue weighted by Gasteiger charge is -2.30. The van der Waals surface area contributed by atoms with Crippen molar-refractivity contribution in [3.05, 3.63) is 77.0 Å². The van der Waals surface area contributed by atoms with Crippen LogP contribution >= 0.6 is 0 Å². The van der Waals surface area contributed by atoms with Gasteiger partial charge in [0.25, 0.3) is 5.91 Å². The van der Waals surface area contributed by atoms with Gasteiger partial charge < -0.3 is 5.32 Å². The van der Waals surface area contributed by atoms with Gasteiger partial charge in [0.2, 0.25) is 10.0 Å². The summed E-state index contributed by atoms with van der Waals surface area (Å²) < 4.78 is 25.1. The second kappa shape index (κ2) is 9.31. The number of carbonyl (C=O) groups is 1. The van der Waals surface area contributed by atoms with Gasteiger partial charge in [0, 0.05) is 25.0 Å². The fourth-order valence-electron chi connectivity index (χ4n) is 5.06. The molecule has 1 N–H and O–H groups in total. The van der Waals surface area contributed by atoms with Crippen molar-refractivity contribution in [3.8, 4) is 0 Å². The maximum absolute atomic E-state index is 13.5. The molecule has 1 aliphatic heterocycles. The second-order valence-electron chi connectivity index (χ2n) is 9.23. The minimum atomic E-state index is -3.15. The Labute approximate surface area is 200 Å². The van der Waals surface area contributed by atoms with Gasteiger partial charge in [0.05, 0.1) is 23.0 Å². The maximum Gasteiger partial charge on any atom is 0.252 e. The number of benzene rings is 2. The number of hydrogen-bond donors (Lipinski definition) is 1. The molecule has 2 aliphatic rings. The number of allylic oxidation sites excluding steroid dienone is 1. The van der Waals surface area contributed by atoms with Crippen molar-refractivity contribution in [2.24, 2.45) is 5.92 Å². The number of sulfonamides is 1. The molecular formula is C27H29N3O3S. The van der Waals surface area contributed by atoms with E-state index < -0.39 is 10.0 Å². The van der Waals surface area contributed by atoms with Crippen molar-refractivity contribution in [1.29, 1.82) is 0 Å². The first-order valence-corrected chi connectivity index (χ1v) is 13.7. The lowest BCUT2D eigenvalue weighted by atomic mass is 9.97. The van der Waals surface area contributed by atoms with Gasteiger partial charge in [-0.15, -0.1) is 0 Å². The Morgan fingerprint density at radius 2 is 1.76 bits per heavy atom. The van der Waals surface area contributed by atoms with Crippen LogP contribution in [0.2, 0.25) is 0 Å². The summed E-state index contributed by atoms with van der Waals surface area (Å²) in [5.41, 5.74) is 5.79. The predicted octanol–water partition coefficient (Wildman–Crippen LogP) is 4.12. The maximum atomic E-state index is 13.5. The van der Waals surface area contributed by atoms with E-state index in [4.69, 9.17) is 4.98 Å². The predicted molar refractivity (Wildman–Crippen MR) is 136 cm³/mol. The molecule has 3 aromatic rings. The van der Waals surface area contributed by atoms with E-state index in [9.17, 15) is 13.2 Å². The van der Waals surface area contributed by atoms with E-state index in [1.54, 1.807) is 0 Å². The summed E-state index contributed by atoms with van der Waals surface area (Å²) in [5, 5.41) is 4.04.